The van der Waals surface area contributed by atoms with Crippen LogP contribution in [0.4, 0.5) is 0 Å². The molecule has 0 bridgehead atoms. The van der Waals surface area contributed by atoms with Crippen molar-refractivity contribution in [2.24, 2.45) is 0 Å². The third-order valence-corrected chi connectivity index (χ3v) is 1.99. The average molecular weight is 192 g/mol. The van der Waals surface area contributed by atoms with E-state index in [2.05, 4.69) is 32.9 Å². The molecule has 0 aliphatic heterocycles. The van der Waals surface area contributed by atoms with Crippen molar-refractivity contribution >= 4 is 32.2 Å². The zero-order valence-corrected chi connectivity index (χ0v) is 7.08. The summed E-state index contributed by atoms with van der Waals surface area (Å²) in [5, 5.41) is 0. The first-order valence-corrected chi connectivity index (χ1v) is 3.92. The maximum absolute atomic E-state index is 4.10. The SMILES string of the molecule is [As]c1ccc2nc[nH]c2c1. The number of H-pyrrole nitrogens is 1. The van der Waals surface area contributed by atoms with E-state index in [9.17, 15) is 0 Å². The van der Waals surface area contributed by atoms with Crippen molar-refractivity contribution in [3.8, 4) is 0 Å². The van der Waals surface area contributed by atoms with Gasteiger partial charge in [0, 0.05) is 0 Å². The van der Waals surface area contributed by atoms with E-state index in [1.54, 1.807) is 6.33 Å². The Balaban J connectivity index is 2.86. The average Bonchev–Trinajstić information content (AvgIpc) is 2.33. The maximum atomic E-state index is 4.10. The summed E-state index contributed by atoms with van der Waals surface area (Å²) < 4.78 is 1.20. The van der Waals surface area contributed by atoms with Crippen molar-refractivity contribution in [3.05, 3.63) is 24.5 Å². The van der Waals surface area contributed by atoms with Gasteiger partial charge < -0.3 is 0 Å². The number of hydrogen-bond donors (Lipinski definition) is 1. The summed E-state index contributed by atoms with van der Waals surface area (Å²) in [6, 6.07) is 6.09. The van der Waals surface area contributed by atoms with Crippen molar-refractivity contribution in [1.29, 1.82) is 0 Å². The molecule has 0 atom stereocenters. The number of fused-ring (bicyclic) bond motifs is 1. The molecule has 2 rings (SSSR count). The van der Waals surface area contributed by atoms with Gasteiger partial charge in [-0.25, -0.2) is 0 Å². The van der Waals surface area contributed by atoms with Gasteiger partial charge in [-0.15, -0.1) is 0 Å². The second-order valence-corrected chi connectivity index (χ2v) is 3.19. The first-order chi connectivity index (χ1) is 4.86. The Morgan fingerprint density at radius 3 is 3.20 bits per heavy atom. The summed E-state index contributed by atoms with van der Waals surface area (Å²) in [4.78, 5) is 7.14. The van der Waals surface area contributed by atoms with E-state index >= 15 is 0 Å². The number of benzene rings is 1. The van der Waals surface area contributed by atoms with Crippen LogP contribution < -0.4 is 4.35 Å². The first kappa shape index (κ1) is 5.99. The standard InChI is InChI=1S/C7H5AsN2/c8-5-1-2-6-7(3-5)10-4-9-6/h1-4H,(H,9,10). The molecule has 0 fully saturated rings. The number of nitrogens with zero attached hydrogens (tertiary/aromatic N) is 1. The van der Waals surface area contributed by atoms with E-state index in [0.29, 0.717) is 0 Å². The summed E-state index contributed by atoms with van der Waals surface area (Å²) in [6.07, 6.45) is 1.71. The third kappa shape index (κ3) is 0.850. The van der Waals surface area contributed by atoms with Crippen LogP contribution in [-0.4, -0.2) is 26.8 Å². The predicted molar refractivity (Wildman–Crippen MR) is 41.5 cm³/mol. The van der Waals surface area contributed by atoms with Gasteiger partial charge >= 0.3 is 66.7 Å². The zero-order valence-electron chi connectivity index (χ0n) is 5.20. The van der Waals surface area contributed by atoms with Gasteiger partial charge in [0.15, 0.2) is 0 Å². The van der Waals surface area contributed by atoms with Crippen molar-refractivity contribution in [2.45, 2.75) is 0 Å². The zero-order chi connectivity index (χ0) is 6.97. The topological polar surface area (TPSA) is 28.7 Å². The number of aromatic nitrogens is 2. The number of nitrogens with one attached hydrogen (secondary N) is 1. The molecule has 3 heteroatoms. The van der Waals surface area contributed by atoms with Crippen LogP contribution in [0, 0.1) is 0 Å². The second-order valence-electron chi connectivity index (χ2n) is 2.10. The molecule has 0 unspecified atom stereocenters. The minimum absolute atomic E-state index is 1.02. The van der Waals surface area contributed by atoms with Crippen LogP contribution >= 0.6 is 0 Å². The number of imidazole rings is 1. The Morgan fingerprint density at radius 2 is 2.30 bits per heavy atom. The number of hydrogen-bond acceptors (Lipinski definition) is 1. The molecule has 1 heterocycles. The molecule has 0 aliphatic carbocycles. The van der Waals surface area contributed by atoms with E-state index in [4.69, 9.17) is 0 Å². The van der Waals surface area contributed by atoms with Gasteiger partial charge in [0.25, 0.3) is 0 Å². The van der Waals surface area contributed by atoms with E-state index < -0.39 is 0 Å². The van der Waals surface area contributed by atoms with Crippen LogP contribution in [0.3, 0.4) is 0 Å². The summed E-state index contributed by atoms with van der Waals surface area (Å²) in [6.45, 7) is 0. The Labute approximate surface area is 67.2 Å². The molecule has 2 nitrogen and oxygen atoms in total. The fourth-order valence-electron chi connectivity index (χ4n) is 0.924. The van der Waals surface area contributed by atoms with Crippen LogP contribution in [0.25, 0.3) is 11.0 Å². The fourth-order valence-corrected chi connectivity index (χ4v) is 1.35. The molecule has 2 radical (unpaired) electrons. The van der Waals surface area contributed by atoms with E-state index in [1.807, 2.05) is 12.1 Å². The summed E-state index contributed by atoms with van der Waals surface area (Å²) in [7, 11) is 0. The van der Waals surface area contributed by atoms with Crippen LogP contribution in [-0.2, 0) is 0 Å². The summed E-state index contributed by atoms with van der Waals surface area (Å²) >= 11 is 2.50. The van der Waals surface area contributed by atoms with Crippen molar-refractivity contribution in [2.75, 3.05) is 0 Å². The van der Waals surface area contributed by atoms with E-state index in [1.165, 1.54) is 4.35 Å². The summed E-state index contributed by atoms with van der Waals surface area (Å²) in [5.74, 6) is 0. The number of rotatable bonds is 0. The van der Waals surface area contributed by atoms with Crippen molar-refractivity contribution in [3.63, 3.8) is 0 Å². The van der Waals surface area contributed by atoms with E-state index in [0.717, 1.165) is 11.0 Å². The molecule has 0 saturated carbocycles. The van der Waals surface area contributed by atoms with Crippen LogP contribution in [0.1, 0.15) is 0 Å². The molecule has 2 aromatic rings. The monoisotopic (exact) mass is 192 g/mol. The Kier molecular flexibility index (Phi) is 1.28. The molecule has 1 aromatic carbocycles. The second kappa shape index (κ2) is 2.13. The molecule has 1 aromatic heterocycles. The predicted octanol–water partition coefficient (Wildman–Crippen LogP) is 0.357. The molecule has 0 saturated heterocycles. The molecule has 0 amide bonds. The van der Waals surface area contributed by atoms with Gasteiger partial charge in [-0.3, -0.25) is 0 Å². The normalized spacial score (nSPS) is 10.5. The number of aromatic amines is 1. The fraction of sp³-hybridized carbons (Fsp3) is 0. The molecular formula is C7H5AsN2. The van der Waals surface area contributed by atoms with Gasteiger partial charge in [0.05, 0.1) is 0 Å². The van der Waals surface area contributed by atoms with Crippen molar-refractivity contribution in [1.82, 2.24) is 9.97 Å². The molecule has 48 valence electrons. The summed E-state index contributed by atoms with van der Waals surface area (Å²) in [5.41, 5.74) is 2.12. The minimum atomic E-state index is 1.02. The Morgan fingerprint density at radius 1 is 1.40 bits per heavy atom. The Bertz CT molecular complexity index is 353. The molecular weight excluding hydrogens is 187 g/mol. The van der Waals surface area contributed by atoms with Crippen LogP contribution in [0.5, 0.6) is 0 Å². The van der Waals surface area contributed by atoms with Gasteiger partial charge in [-0.1, -0.05) is 0 Å². The third-order valence-electron chi connectivity index (χ3n) is 1.40. The molecule has 0 spiro atoms. The molecule has 10 heavy (non-hydrogen) atoms. The van der Waals surface area contributed by atoms with E-state index in [-0.39, 0.29) is 0 Å². The molecule has 1 N–H and O–H groups in total. The van der Waals surface area contributed by atoms with Crippen LogP contribution in [0.15, 0.2) is 24.5 Å². The van der Waals surface area contributed by atoms with Gasteiger partial charge in [0.1, 0.15) is 0 Å². The van der Waals surface area contributed by atoms with Gasteiger partial charge in [-0.05, 0) is 0 Å². The molecule has 0 aliphatic rings. The quantitative estimate of drug-likeness (QED) is 0.599. The van der Waals surface area contributed by atoms with Crippen molar-refractivity contribution < 1.29 is 0 Å². The Hall–Kier alpha value is -0.752. The van der Waals surface area contributed by atoms with Gasteiger partial charge in [-0.2, -0.15) is 0 Å². The van der Waals surface area contributed by atoms with Crippen LogP contribution in [0.2, 0.25) is 0 Å². The first-order valence-electron chi connectivity index (χ1n) is 2.98. The van der Waals surface area contributed by atoms with Gasteiger partial charge in [0.2, 0.25) is 0 Å².